The van der Waals surface area contributed by atoms with E-state index in [0.29, 0.717) is 25.9 Å². The Labute approximate surface area is 462 Å². The minimum absolute atomic E-state index is 0.0101. The molecule has 0 aromatic heterocycles. The summed E-state index contributed by atoms with van der Waals surface area (Å²) >= 11 is 0. The average Bonchev–Trinajstić information content (AvgIpc) is 3.40. The topological polar surface area (TPSA) is 95.9 Å². The molecule has 0 radical (unpaired) electrons. The molecule has 2 atom stereocenters. The van der Waals surface area contributed by atoms with Crippen LogP contribution < -0.4 is 5.32 Å². The number of nitrogens with one attached hydrogen (secondary N) is 1. The lowest BCUT2D eigenvalue weighted by Crippen LogP contribution is -2.45. The third kappa shape index (κ3) is 59.6. The molecular formula is C68H131NO5. The maximum Gasteiger partial charge on any atom is 0.305 e. The van der Waals surface area contributed by atoms with Crippen LogP contribution in [0.3, 0.4) is 0 Å². The van der Waals surface area contributed by atoms with E-state index in [1.54, 1.807) is 0 Å². The first-order chi connectivity index (χ1) is 36.5. The Hall–Kier alpha value is -1.66. The minimum Gasteiger partial charge on any atom is -0.466 e. The summed E-state index contributed by atoms with van der Waals surface area (Å²) in [6.07, 6.45) is 79.4. The van der Waals surface area contributed by atoms with Crippen molar-refractivity contribution in [3.63, 3.8) is 0 Å². The van der Waals surface area contributed by atoms with E-state index in [-0.39, 0.29) is 18.5 Å². The zero-order valence-electron chi connectivity index (χ0n) is 50.1. The average molecular weight is 1040 g/mol. The number of esters is 1. The van der Waals surface area contributed by atoms with Crippen LogP contribution in [0.1, 0.15) is 373 Å². The standard InChI is InChI=1S/C68H131NO5/c1-3-5-7-9-11-13-15-16-17-35-38-42-46-50-54-58-62-68(73)74-63-59-55-51-47-43-39-36-33-31-29-27-25-23-21-19-18-20-22-24-26-28-30-32-34-37-41-45-49-53-57-61-67(72)69-65(64-70)66(71)60-56-52-48-44-40-14-12-10-8-6-4-2/h17,19,21,35,65-66,70-71H,3-16,18,20,22-34,36-64H2,1-2H3,(H,69,72)/b21-19-,35-17-. The second-order valence-corrected chi connectivity index (χ2v) is 23.1. The molecule has 0 aliphatic carbocycles. The number of aliphatic hydroxyl groups is 2. The first-order valence-corrected chi connectivity index (χ1v) is 33.6. The monoisotopic (exact) mass is 1040 g/mol. The van der Waals surface area contributed by atoms with Crippen molar-refractivity contribution in [2.45, 2.75) is 386 Å². The number of hydrogen-bond donors (Lipinski definition) is 3. The predicted octanol–water partition coefficient (Wildman–Crippen LogP) is 21.4. The summed E-state index contributed by atoms with van der Waals surface area (Å²) in [7, 11) is 0. The summed E-state index contributed by atoms with van der Waals surface area (Å²) in [4.78, 5) is 24.5. The van der Waals surface area contributed by atoms with Crippen LogP contribution in [-0.2, 0) is 14.3 Å². The maximum atomic E-state index is 12.5. The lowest BCUT2D eigenvalue weighted by atomic mass is 10.0. The first-order valence-electron chi connectivity index (χ1n) is 33.6. The van der Waals surface area contributed by atoms with Crippen molar-refractivity contribution in [2.75, 3.05) is 13.2 Å². The summed E-state index contributed by atoms with van der Waals surface area (Å²) in [5.41, 5.74) is 0. The largest absolute Gasteiger partial charge is 0.466 e. The molecule has 0 fully saturated rings. The van der Waals surface area contributed by atoms with E-state index in [1.807, 2.05) is 0 Å². The highest BCUT2D eigenvalue weighted by Crippen LogP contribution is 2.18. The normalized spacial score (nSPS) is 12.6. The molecule has 3 N–H and O–H groups in total. The molecule has 0 aromatic rings. The lowest BCUT2D eigenvalue weighted by molar-refractivity contribution is -0.143. The molecule has 6 nitrogen and oxygen atoms in total. The second kappa shape index (κ2) is 63.9. The Morgan fingerprint density at radius 1 is 0.365 bits per heavy atom. The van der Waals surface area contributed by atoms with Crippen molar-refractivity contribution in [1.29, 1.82) is 0 Å². The molecule has 6 heteroatoms. The van der Waals surface area contributed by atoms with Gasteiger partial charge in [-0.15, -0.1) is 0 Å². The van der Waals surface area contributed by atoms with Gasteiger partial charge in [0.2, 0.25) is 5.91 Å². The molecule has 438 valence electrons. The Kier molecular flexibility index (Phi) is 62.4. The van der Waals surface area contributed by atoms with E-state index in [1.165, 1.54) is 295 Å². The zero-order valence-corrected chi connectivity index (χ0v) is 50.1. The predicted molar refractivity (Wildman–Crippen MR) is 324 cm³/mol. The number of aliphatic hydroxyl groups excluding tert-OH is 2. The molecule has 2 unspecified atom stereocenters. The SMILES string of the molecule is CCCCCCCCC/C=C\CCCCCCCC(=O)OCCCCCCCCCCCCCC/C=C\CCCCCCCCCCCCCCCCC(=O)NC(CO)C(O)CCCCCCCCCCCCC. The number of carbonyl (C=O) groups is 2. The fraction of sp³-hybridized carbons (Fsp3) is 0.912. The number of carbonyl (C=O) groups excluding carboxylic acids is 2. The van der Waals surface area contributed by atoms with Gasteiger partial charge in [0.05, 0.1) is 25.4 Å². The van der Waals surface area contributed by atoms with Gasteiger partial charge in [-0.1, -0.05) is 308 Å². The quantitative estimate of drug-likeness (QED) is 0.0320. The van der Waals surface area contributed by atoms with E-state index in [9.17, 15) is 19.8 Å². The molecule has 0 rings (SSSR count). The van der Waals surface area contributed by atoms with Crippen LogP contribution in [0.2, 0.25) is 0 Å². The second-order valence-electron chi connectivity index (χ2n) is 23.1. The zero-order chi connectivity index (χ0) is 53.6. The van der Waals surface area contributed by atoms with Gasteiger partial charge in [-0.2, -0.15) is 0 Å². The van der Waals surface area contributed by atoms with Gasteiger partial charge in [0, 0.05) is 12.8 Å². The van der Waals surface area contributed by atoms with Crippen LogP contribution in [0.25, 0.3) is 0 Å². The number of ether oxygens (including phenoxy) is 1. The molecule has 1 amide bonds. The smallest absolute Gasteiger partial charge is 0.305 e. The number of rotatable bonds is 63. The Morgan fingerprint density at radius 3 is 0.959 bits per heavy atom. The highest BCUT2D eigenvalue weighted by atomic mass is 16.5. The van der Waals surface area contributed by atoms with Gasteiger partial charge in [-0.3, -0.25) is 9.59 Å². The molecule has 0 saturated carbocycles. The van der Waals surface area contributed by atoms with E-state index in [0.717, 1.165) is 44.9 Å². The summed E-state index contributed by atoms with van der Waals surface area (Å²) in [5, 5.41) is 23.2. The van der Waals surface area contributed by atoms with Crippen LogP contribution in [0.4, 0.5) is 0 Å². The van der Waals surface area contributed by atoms with Gasteiger partial charge in [0.15, 0.2) is 0 Å². The third-order valence-electron chi connectivity index (χ3n) is 15.7. The van der Waals surface area contributed by atoms with E-state index in [4.69, 9.17) is 4.74 Å². The number of unbranched alkanes of at least 4 members (excludes halogenated alkanes) is 48. The van der Waals surface area contributed by atoms with Gasteiger partial charge < -0.3 is 20.3 Å². The van der Waals surface area contributed by atoms with Crippen LogP contribution in [0.15, 0.2) is 24.3 Å². The fourth-order valence-corrected chi connectivity index (χ4v) is 10.6. The van der Waals surface area contributed by atoms with Crippen LogP contribution in [0.5, 0.6) is 0 Å². The summed E-state index contributed by atoms with van der Waals surface area (Å²) in [5.74, 6) is -0.0228. The van der Waals surface area contributed by atoms with Crippen LogP contribution >= 0.6 is 0 Å². The van der Waals surface area contributed by atoms with Crippen LogP contribution in [-0.4, -0.2) is 47.4 Å². The van der Waals surface area contributed by atoms with E-state index < -0.39 is 12.1 Å². The number of allylic oxidation sites excluding steroid dienone is 4. The molecular weight excluding hydrogens is 911 g/mol. The van der Waals surface area contributed by atoms with Crippen molar-refractivity contribution in [1.82, 2.24) is 5.32 Å². The third-order valence-corrected chi connectivity index (χ3v) is 15.7. The Bertz CT molecular complexity index is 1150. The number of amides is 1. The van der Waals surface area contributed by atoms with E-state index in [2.05, 4.69) is 43.5 Å². The Balaban J connectivity index is 3.34. The van der Waals surface area contributed by atoms with Crippen LogP contribution in [0, 0.1) is 0 Å². The van der Waals surface area contributed by atoms with Gasteiger partial charge in [-0.05, 0) is 77.0 Å². The van der Waals surface area contributed by atoms with Gasteiger partial charge in [0.25, 0.3) is 0 Å². The molecule has 0 spiro atoms. The van der Waals surface area contributed by atoms with Gasteiger partial charge in [0.1, 0.15) is 0 Å². The minimum atomic E-state index is -0.661. The first kappa shape index (κ1) is 72.3. The maximum absolute atomic E-state index is 12.5. The van der Waals surface area contributed by atoms with Crippen molar-refractivity contribution < 1.29 is 24.5 Å². The van der Waals surface area contributed by atoms with Gasteiger partial charge in [-0.25, -0.2) is 0 Å². The molecule has 0 saturated heterocycles. The van der Waals surface area contributed by atoms with Crippen molar-refractivity contribution >= 4 is 11.9 Å². The van der Waals surface area contributed by atoms with Crippen molar-refractivity contribution in [2.24, 2.45) is 0 Å². The molecule has 0 aromatic carbocycles. The molecule has 74 heavy (non-hydrogen) atoms. The van der Waals surface area contributed by atoms with Gasteiger partial charge >= 0.3 is 5.97 Å². The fourth-order valence-electron chi connectivity index (χ4n) is 10.6. The summed E-state index contributed by atoms with van der Waals surface area (Å²) in [6.45, 7) is 4.96. The summed E-state index contributed by atoms with van der Waals surface area (Å²) in [6, 6.07) is -0.538. The molecule has 0 bridgehead atoms. The van der Waals surface area contributed by atoms with Crippen molar-refractivity contribution in [3.05, 3.63) is 24.3 Å². The van der Waals surface area contributed by atoms with E-state index >= 15 is 0 Å². The Morgan fingerprint density at radius 2 is 0.635 bits per heavy atom. The molecule has 0 aliphatic rings. The molecule has 0 heterocycles. The molecule has 0 aliphatic heterocycles. The lowest BCUT2D eigenvalue weighted by Gasteiger charge is -2.22. The highest BCUT2D eigenvalue weighted by molar-refractivity contribution is 5.76. The van der Waals surface area contributed by atoms with Crippen molar-refractivity contribution in [3.8, 4) is 0 Å². The summed E-state index contributed by atoms with van der Waals surface area (Å²) < 4.78 is 5.49. The highest BCUT2D eigenvalue weighted by Gasteiger charge is 2.20. The number of hydrogen-bond acceptors (Lipinski definition) is 5.